The summed E-state index contributed by atoms with van der Waals surface area (Å²) in [5.41, 5.74) is 6.66. The first-order chi connectivity index (χ1) is 7.95. The highest BCUT2D eigenvalue weighted by atomic mass is 14.9. The lowest BCUT2D eigenvalue weighted by Crippen LogP contribution is -2.42. The summed E-state index contributed by atoms with van der Waals surface area (Å²) in [7, 11) is 0. The number of rotatable bonds is 7. The van der Waals surface area contributed by atoms with Crippen LogP contribution in [0.25, 0.3) is 0 Å². The van der Waals surface area contributed by atoms with Gasteiger partial charge in [-0.1, -0.05) is 40.5 Å². The molecule has 0 aliphatic heterocycles. The summed E-state index contributed by atoms with van der Waals surface area (Å²) in [4.78, 5) is 0. The van der Waals surface area contributed by atoms with Crippen molar-refractivity contribution in [2.75, 3.05) is 13.1 Å². The Morgan fingerprint density at radius 1 is 1.12 bits per heavy atom. The molecule has 0 spiro atoms. The van der Waals surface area contributed by atoms with E-state index < -0.39 is 0 Å². The van der Waals surface area contributed by atoms with Crippen molar-refractivity contribution in [1.29, 1.82) is 0 Å². The van der Waals surface area contributed by atoms with Crippen molar-refractivity contribution in [3.63, 3.8) is 0 Å². The molecule has 102 valence electrons. The lowest BCUT2D eigenvalue weighted by Gasteiger charge is -2.32. The first-order valence-electron chi connectivity index (χ1n) is 7.41. The Morgan fingerprint density at radius 2 is 1.71 bits per heavy atom. The first kappa shape index (κ1) is 15.0. The van der Waals surface area contributed by atoms with E-state index in [1.807, 2.05) is 0 Å². The molecule has 17 heavy (non-hydrogen) atoms. The maximum Gasteiger partial charge on any atom is 0.0188 e. The van der Waals surface area contributed by atoms with Crippen molar-refractivity contribution in [2.24, 2.45) is 23.0 Å². The fourth-order valence-electron chi connectivity index (χ4n) is 3.18. The second-order valence-corrected chi connectivity index (χ2v) is 6.84. The van der Waals surface area contributed by atoms with E-state index in [0.717, 1.165) is 12.5 Å². The number of hydrogen-bond acceptors (Lipinski definition) is 2. The summed E-state index contributed by atoms with van der Waals surface area (Å²) in [6.07, 6.45) is 7.04. The molecule has 0 radical (unpaired) electrons. The molecule has 0 heterocycles. The monoisotopic (exact) mass is 240 g/mol. The normalized spacial score (nSPS) is 21.4. The van der Waals surface area contributed by atoms with Crippen LogP contribution >= 0.6 is 0 Å². The largest absolute Gasteiger partial charge is 0.326 e. The van der Waals surface area contributed by atoms with Crippen molar-refractivity contribution >= 4 is 0 Å². The molecule has 0 saturated heterocycles. The summed E-state index contributed by atoms with van der Waals surface area (Å²) in [6, 6.07) is 0.299. The summed E-state index contributed by atoms with van der Waals surface area (Å²) < 4.78 is 0. The summed E-state index contributed by atoms with van der Waals surface area (Å²) in [6.45, 7) is 11.2. The van der Waals surface area contributed by atoms with E-state index in [2.05, 4.69) is 33.0 Å². The van der Waals surface area contributed by atoms with E-state index in [9.17, 15) is 0 Å². The summed E-state index contributed by atoms with van der Waals surface area (Å²) in [5.74, 6) is 1.39. The molecule has 1 aliphatic carbocycles. The topological polar surface area (TPSA) is 38.0 Å². The molecule has 0 aromatic rings. The first-order valence-corrected chi connectivity index (χ1v) is 7.41. The molecule has 3 N–H and O–H groups in total. The highest BCUT2D eigenvalue weighted by Crippen LogP contribution is 2.42. The Balaban J connectivity index is 2.35. The average molecular weight is 240 g/mol. The maximum atomic E-state index is 6.08. The van der Waals surface area contributed by atoms with Crippen molar-refractivity contribution in [3.05, 3.63) is 0 Å². The predicted octanol–water partition coefficient (Wildman–Crippen LogP) is 3.17. The molecule has 2 nitrogen and oxygen atoms in total. The van der Waals surface area contributed by atoms with Gasteiger partial charge in [0, 0.05) is 19.1 Å². The molecule has 1 saturated carbocycles. The summed E-state index contributed by atoms with van der Waals surface area (Å²) in [5, 5.41) is 3.63. The lowest BCUT2D eigenvalue weighted by atomic mass is 9.78. The minimum Gasteiger partial charge on any atom is -0.326 e. The Labute approximate surface area is 108 Å². The van der Waals surface area contributed by atoms with Gasteiger partial charge in [0.05, 0.1) is 0 Å². The number of hydrogen-bond donors (Lipinski definition) is 2. The second-order valence-electron chi connectivity index (χ2n) is 6.84. The third-order valence-electron chi connectivity index (χ3n) is 4.24. The van der Waals surface area contributed by atoms with E-state index in [4.69, 9.17) is 5.73 Å². The van der Waals surface area contributed by atoms with Gasteiger partial charge in [-0.15, -0.1) is 0 Å². The van der Waals surface area contributed by atoms with Crippen LogP contribution in [0.5, 0.6) is 0 Å². The van der Waals surface area contributed by atoms with Crippen LogP contribution in [-0.2, 0) is 0 Å². The van der Waals surface area contributed by atoms with E-state index in [1.54, 1.807) is 0 Å². The molecule has 0 unspecified atom stereocenters. The zero-order valence-electron chi connectivity index (χ0n) is 12.3. The molecular weight excluding hydrogens is 208 g/mol. The standard InChI is InChI=1S/C15H32N2/c1-12(2)9-15(7-5-6-8-15)11-17-10-14(16)13(3)4/h12-14,17H,5-11,16H2,1-4H3/t14-/m1/s1. The van der Waals surface area contributed by atoms with Crippen LogP contribution in [0.15, 0.2) is 0 Å². The maximum absolute atomic E-state index is 6.08. The van der Waals surface area contributed by atoms with Crippen molar-refractivity contribution in [3.8, 4) is 0 Å². The van der Waals surface area contributed by atoms with E-state index >= 15 is 0 Å². The molecular formula is C15H32N2. The molecule has 2 heteroatoms. The number of nitrogens with two attached hydrogens (primary N) is 1. The lowest BCUT2D eigenvalue weighted by molar-refractivity contribution is 0.221. The van der Waals surface area contributed by atoms with Gasteiger partial charge in [-0.25, -0.2) is 0 Å². The van der Waals surface area contributed by atoms with Crippen LogP contribution in [0, 0.1) is 17.3 Å². The minimum atomic E-state index is 0.299. The highest BCUT2D eigenvalue weighted by molar-refractivity contribution is 4.88. The molecule has 0 aromatic carbocycles. The van der Waals surface area contributed by atoms with Gasteiger partial charge in [0.25, 0.3) is 0 Å². The van der Waals surface area contributed by atoms with Gasteiger partial charge >= 0.3 is 0 Å². The molecule has 1 fully saturated rings. The van der Waals surface area contributed by atoms with Crippen LogP contribution in [0.4, 0.5) is 0 Å². The van der Waals surface area contributed by atoms with Crippen LogP contribution in [0.1, 0.15) is 59.8 Å². The molecule has 1 rings (SSSR count). The molecule has 0 aromatic heterocycles. The zero-order valence-corrected chi connectivity index (χ0v) is 12.3. The molecule has 0 bridgehead atoms. The fourth-order valence-corrected chi connectivity index (χ4v) is 3.18. The van der Waals surface area contributed by atoms with Gasteiger partial charge in [-0.05, 0) is 36.5 Å². The van der Waals surface area contributed by atoms with Crippen LogP contribution in [0.2, 0.25) is 0 Å². The summed E-state index contributed by atoms with van der Waals surface area (Å²) >= 11 is 0. The third-order valence-corrected chi connectivity index (χ3v) is 4.24. The minimum absolute atomic E-state index is 0.299. The fraction of sp³-hybridized carbons (Fsp3) is 1.00. The van der Waals surface area contributed by atoms with Crippen molar-refractivity contribution < 1.29 is 0 Å². The number of nitrogens with one attached hydrogen (secondary N) is 1. The Bertz CT molecular complexity index is 205. The third kappa shape index (κ3) is 4.97. The van der Waals surface area contributed by atoms with E-state index in [-0.39, 0.29) is 0 Å². The van der Waals surface area contributed by atoms with Gasteiger partial charge in [-0.3, -0.25) is 0 Å². The quantitative estimate of drug-likeness (QED) is 0.717. The van der Waals surface area contributed by atoms with Crippen LogP contribution in [0.3, 0.4) is 0 Å². The predicted molar refractivity (Wildman–Crippen MR) is 76.0 cm³/mol. The van der Waals surface area contributed by atoms with Crippen molar-refractivity contribution in [2.45, 2.75) is 65.8 Å². The SMILES string of the molecule is CC(C)CC1(CNC[C@@H](N)C(C)C)CCCC1. The second kappa shape index (κ2) is 6.75. The molecule has 1 aliphatic rings. The van der Waals surface area contributed by atoms with Crippen LogP contribution < -0.4 is 11.1 Å². The molecule has 1 atom stereocenters. The van der Waals surface area contributed by atoms with Crippen LogP contribution in [-0.4, -0.2) is 19.1 Å². The highest BCUT2D eigenvalue weighted by Gasteiger charge is 2.33. The zero-order chi connectivity index (χ0) is 12.9. The Hall–Kier alpha value is -0.0800. The van der Waals surface area contributed by atoms with Gasteiger partial charge < -0.3 is 11.1 Å². The van der Waals surface area contributed by atoms with E-state index in [1.165, 1.54) is 38.6 Å². The van der Waals surface area contributed by atoms with Gasteiger partial charge in [0.15, 0.2) is 0 Å². The van der Waals surface area contributed by atoms with Crippen molar-refractivity contribution in [1.82, 2.24) is 5.32 Å². The Kier molecular flexibility index (Phi) is 5.94. The molecule has 0 amide bonds. The van der Waals surface area contributed by atoms with E-state index in [0.29, 0.717) is 17.4 Å². The smallest absolute Gasteiger partial charge is 0.0188 e. The average Bonchev–Trinajstić information content (AvgIpc) is 2.65. The van der Waals surface area contributed by atoms with Gasteiger partial charge in [0.1, 0.15) is 0 Å². The van der Waals surface area contributed by atoms with Gasteiger partial charge in [-0.2, -0.15) is 0 Å². The Morgan fingerprint density at radius 3 is 2.18 bits per heavy atom. The van der Waals surface area contributed by atoms with Gasteiger partial charge in [0.2, 0.25) is 0 Å².